The van der Waals surface area contributed by atoms with Crippen LogP contribution in [0, 0.1) is 11.3 Å². The number of ether oxygens (including phenoxy) is 1. The second kappa shape index (κ2) is 10.7. The summed E-state index contributed by atoms with van der Waals surface area (Å²) in [5, 5.41) is 16.6. The van der Waals surface area contributed by atoms with E-state index in [1.54, 1.807) is 0 Å². The van der Waals surface area contributed by atoms with Crippen molar-refractivity contribution in [1.29, 1.82) is 5.26 Å². The largest absolute Gasteiger partial charge is 0.494 e. The maximum absolute atomic E-state index is 9.88. The number of benzene rings is 2. The molecular weight excluding hydrogens is 400 g/mol. The summed E-state index contributed by atoms with van der Waals surface area (Å²) in [6.45, 7) is 7.07. The van der Waals surface area contributed by atoms with Crippen LogP contribution in [0.5, 0.6) is 5.75 Å². The minimum absolute atomic E-state index is 0.222. The molecule has 0 aliphatic heterocycles. The van der Waals surface area contributed by atoms with Crippen molar-refractivity contribution in [3.05, 3.63) is 48.0 Å². The van der Waals surface area contributed by atoms with Crippen molar-refractivity contribution in [1.82, 2.24) is 9.88 Å². The van der Waals surface area contributed by atoms with Crippen molar-refractivity contribution in [2.24, 2.45) is 0 Å². The van der Waals surface area contributed by atoms with Crippen molar-refractivity contribution in [3.63, 3.8) is 0 Å². The van der Waals surface area contributed by atoms with Gasteiger partial charge < -0.3 is 19.9 Å². The number of rotatable bonds is 8. The van der Waals surface area contributed by atoms with Crippen LogP contribution in [0.25, 0.3) is 22.2 Å². The Balaban J connectivity index is 0.000000416. The molecule has 1 aromatic heterocycles. The van der Waals surface area contributed by atoms with E-state index >= 15 is 0 Å². The molecule has 1 fully saturated rings. The molecule has 1 saturated carbocycles. The highest BCUT2D eigenvalue weighted by Gasteiger charge is 2.21. The Morgan fingerprint density at radius 3 is 2.44 bits per heavy atom. The third-order valence-corrected chi connectivity index (χ3v) is 5.40. The fraction of sp³-hybridized carbons (Fsp3) is 0.385. The van der Waals surface area contributed by atoms with E-state index in [9.17, 15) is 10.1 Å². The van der Waals surface area contributed by atoms with Crippen LogP contribution >= 0.6 is 0 Å². The normalized spacial score (nSPS) is 12.6. The molecule has 6 nitrogen and oxygen atoms in total. The topological polar surface area (TPSA) is 79.1 Å². The van der Waals surface area contributed by atoms with Crippen LogP contribution in [0.1, 0.15) is 51.6 Å². The molecule has 168 valence electrons. The molecule has 1 aliphatic rings. The molecule has 0 spiro atoms. The number of nitrogens with one attached hydrogen (secondary N) is 2. The summed E-state index contributed by atoms with van der Waals surface area (Å²) in [7, 11) is 1.90. The third kappa shape index (κ3) is 5.23. The molecular formula is C26H32N4O2. The lowest BCUT2D eigenvalue weighted by Crippen LogP contribution is -2.11. The quantitative estimate of drug-likeness (QED) is 0.462. The molecule has 0 atom stereocenters. The van der Waals surface area contributed by atoms with Gasteiger partial charge in [0.15, 0.2) is 0 Å². The van der Waals surface area contributed by atoms with Gasteiger partial charge in [0.05, 0.1) is 23.4 Å². The highest BCUT2D eigenvalue weighted by Crippen LogP contribution is 2.37. The summed E-state index contributed by atoms with van der Waals surface area (Å²) >= 11 is 0. The Morgan fingerprint density at radius 2 is 1.94 bits per heavy atom. The number of nitrogens with zero attached hydrogens (tertiary/aromatic N) is 2. The van der Waals surface area contributed by atoms with Crippen molar-refractivity contribution in [2.75, 3.05) is 19.0 Å². The Labute approximate surface area is 190 Å². The van der Waals surface area contributed by atoms with E-state index in [0.29, 0.717) is 18.2 Å². The lowest BCUT2D eigenvalue weighted by molar-refractivity contribution is -0.109. The zero-order valence-corrected chi connectivity index (χ0v) is 19.3. The highest BCUT2D eigenvalue weighted by atomic mass is 16.5. The maximum Gasteiger partial charge on any atom is 0.207 e. The monoisotopic (exact) mass is 432 g/mol. The molecule has 0 radical (unpaired) electrons. The van der Waals surface area contributed by atoms with Gasteiger partial charge in [-0.15, -0.1) is 0 Å². The van der Waals surface area contributed by atoms with Gasteiger partial charge in [0, 0.05) is 36.3 Å². The fourth-order valence-electron chi connectivity index (χ4n) is 3.67. The molecule has 0 unspecified atom stereocenters. The van der Waals surface area contributed by atoms with Gasteiger partial charge in [-0.3, -0.25) is 4.79 Å². The van der Waals surface area contributed by atoms with Crippen LogP contribution in [0.3, 0.4) is 0 Å². The zero-order valence-electron chi connectivity index (χ0n) is 19.3. The first kappa shape index (κ1) is 23.2. The number of hydrogen-bond acceptors (Lipinski definition) is 4. The number of carbonyl (C=O) groups excluding carboxylic acids is 1. The number of amides is 1. The van der Waals surface area contributed by atoms with Gasteiger partial charge in [-0.2, -0.15) is 5.26 Å². The minimum Gasteiger partial charge on any atom is -0.494 e. The summed E-state index contributed by atoms with van der Waals surface area (Å²) < 4.78 is 8.05. The number of fused-ring (bicyclic) bond motifs is 1. The predicted octanol–water partition coefficient (Wildman–Crippen LogP) is 5.49. The van der Waals surface area contributed by atoms with Gasteiger partial charge in [0.2, 0.25) is 6.41 Å². The molecule has 1 aliphatic carbocycles. The first-order valence-electron chi connectivity index (χ1n) is 11.2. The second-order valence-corrected chi connectivity index (χ2v) is 8.21. The van der Waals surface area contributed by atoms with Crippen LogP contribution in [0.2, 0.25) is 0 Å². The lowest BCUT2D eigenvalue weighted by Gasteiger charge is -2.16. The third-order valence-electron chi connectivity index (χ3n) is 5.40. The first-order valence-corrected chi connectivity index (χ1v) is 11.2. The predicted molar refractivity (Wildman–Crippen MR) is 130 cm³/mol. The molecule has 2 aromatic carbocycles. The van der Waals surface area contributed by atoms with Crippen molar-refractivity contribution < 1.29 is 9.53 Å². The molecule has 6 heteroatoms. The van der Waals surface area contributed by atoms with E-state index in [1.165, 1.54) is 12.8 Å². The van der Waals surface area contributed by atoms with Crippen molar-refractivity contribution in [2.45, 2.75) is 52.1 Å². The molecule has 32 heavy (non-hydrogen) atoms. The van der Waals surface area contributed by atoms with Crippen molar-refractivity contribution in [3.8, 4) is 23.1 Å². The molecule has 0 bridgehead atoms. The molecule has 4 rings (SSSR count). The van der Waals surface area contributed by atoms with E-state index < -0.39 is 0 Å². The van der Waals surface area contributed by atoms with Gasteiger partial charge in [-0.25, -0.2) is 0 Å². The summed E-state index contributed by atoms with van der Waals surface area (Å²) in [5.74, 6) is 0.848. The molecule has 3 aromatic rings. The van der Waals surface area contributed by atoms with Gasteiger partial charge in [0.25, 0.3) is 0 Å². The number of anilines is 1. The minimum atomic E-state index is 0.222. The highest BCUT2D eigenvalue weighted by molar-refractivity contribution is 5.95. The molecule has 1 heterocycles. The van der Waals surface area contributed by atoms with Crippen LogP contribution in [-0.4, -0.2) is 30.7 Å². The van der Waals surface area contributed by atoms with E-state index in [1.807, 2.05) is 31.3 Å². The van der Waals surface area contributed by atoms with Gasteiger partial charge in [-0.1, -0.05) is 19.1 Å². The summed E-state index contributed by atoms with van der Waals surface area (Å²) in [4.78, 5) is 9.54. The molecule has 0 saturated heterocycles. The number of carbonyl (C=O) groups is 1. The van der Waals surface area contributed by atoms with Gasteiger partial charge in [-0.05, 0) is 62.9 Å². The summed E-state index contributed by atoms with van der Waals surface area (Å²) in [6, 6.07) is 17.4. The second-order valence-electron chi connectivity index (χ2n) is 8.21. The van der Waals surface area contributed by atoms with E-state index in [2.05, 4.69) is 60.2 Å². The van der Waals surface area contributed by atoms with Crippen LogP contribution < -0.4 is 15.4 Å². The van der Waals surface area contributed by atoms with Crippen molar-refractivity contribution >= 4 is 23.0 Å². The average molecular weight is 433 g/mol. The Hall–Kier alpha value is -3.46. The fourth-order valence-corrected chi connectivity index (χ4v) is 3.67. The number of nitriles is 1. The Bertz CT molecular complexity index is 1090. The number of hydrogen-bond donors (Lipinski definition) is 2. The maximum atomic E-state index is 9.88. The Morgan fingerprint density at radius 1 is 1.22 bits per heavy atom. The first-order chi connectivity index (χ1) is 15.5. The number of aromatic nitrogens is 1. The molecule has 1 amide bonds. The summed E-state index contributed by atoms with van der Waals surface area (Å²) in [5.41, 5.74) is 4.81. The van der Waals surface area contributed by atoms with Gasteiger partial charge in [0.1, 0.15) is 11.8 Å². The van der Waals surface area contributed by atoms with Crippen LogP contribution in [0.15, 0.2) is 42.5 Å². The van der Waals surface area contributed by atoms with E-state index in [-0.39, 0.29) is 6.04 Å². The molecule has 2 N–H and O–H groups in total. The SMILES string of the molecule is CCCOc1ccc2c(C#N)c(-c3ccc(NC)cc3)n(C(C)C)c2c1.O=CNC1CC1. The smallest absolute Gasteiger partial charge is 0.207 e. The zero-order chi connectivity index (χ0) is 23.1. The van der Waals surface area contributed by atoms with E-state index in [4.69, 9.17) is 4.74 Å². The average Bonchev–Trinajstić information content (AvgIpc) is 3.56. The van der Waals surface area contributed by atoms with Crippen LogP contribution in [-0.2, 0) is 4.79 Å². The van der Waals surface area contributed by atoms with E-state index in [0.717, 1.165) is 46.4 Å². The van der Waals surface area contributed by atoms with Gasteiger partial charge >= 0.3 is 0 Å². The standard InChI is InChI=1S/C22H25N3O.C4H7NO/c1-5-12-26-18-10-11-19-20(14-23)22(25(15(2)3)21(19)13-18)16-6-8-17(24-4)9-7-16;6-3-5-4-1-2-4/h6-11,13,15,24H,5,12H2,1-4H3;3-4H,1-2H2,(H,5,6). The van der Waals surface area contributed by atoms with Crippen LogP contribution in [0.4, 0.5) is 5.69 Å². The Kier molecular flexibility index (Phi) is 7.77. The lowest BCUT2D eigenvalue weighted by atomic mass is 10.1. The summed E-state index contributed by atoms with van der Waals surface area (Å²) in [6.07, 6.45) is 4.09.